The van der Waals surface area contributed by atoms with Crippen molar-refractivity contribution in [3.05, 3.63) is 23.9 Å². The van der Waals surface area contributed by atoms with E-state index in [0.29, 0.717) is 5.82 Å². The molecule has 0 saturated carbocycles. The summed E-state index contributed by atoms with van der Waals surface area (Å²) in [6.07, 6.45) is 0.218. The van der Waals surface area contributed by atoms with Crippen LogP contribution in [-0.2, 0) is 4.74 Å². The van der Waals surface area contributed by atoms with Crippen LogP contribution in [-0.4, -0.2) is 40.9 Å². The normalized spacial score (nSPS) is 28.2. The van der Waals surface area contributed by atoms with Crippen molar-refractivity contribution in [2.24, 2.45) is 0 Å². The van der Waals surface area contributed by atoms with Crippen molar-refractivity contribution in [3.8, 4) is 0 Å². The molecule has 0 radical (unpaired) electrons. The fraction of sp³-hybridized carbons (Fsp3) is 0.538. The molecule has 1 aliphatic heterocycles. The molecule has 1 aromatic rings. The highest BCUT2D eigenvalue weighted by atomic mass is 16.5. The third kappa shape index (κ3) is 2.46. The zero-order valence-corrected chi connectivity index (χ0v) is 10.8. The fourth-order valence-corrected chi connectivity index (χ4v) is 2.22. The second-order valence-electron chi connectivity index (χ2n) is 4.73. The molecule has 5 nitrogen and oxygen atoms in total. The van der Waals surface area contributed by atoms with Crippen molar-refractivity contribution >= 4 is 11.8 Å². The van der Waals surface area contributed by atoms with E-state index in [9.17, 15) is 4.79 Å². The maximum atomic E-state index is 10.9. The molecule has 2 heterocycles. The zero-order chi connectivity index (χ0) is 13.3. The van der Waals surface area contributed by atoms with Gasteiger partial charge in [-0.15, -0.1) is 0 Å². The number of rotatable bonds is 2. The first-order valence-corrected chi connectivity index (χ1v) is 6.11. The van der Waals surface area contributed by atoms with Crippen molar-refractivity contribution in [3.63, 3.8) is 0 Å². The molecule has 0 aromatic carbocycles. The Bertz CT molecular complexity index is 450. The monoisotopic (exact) mass is 250 g/mol. The van der Waals surface area contributed by atoms with Crippen molar-refractivity contribution in [1.82, 2.24) is 4.98 Å². The number of nitrogens with zero attached hydrogens (tertiary/aromatic N) is 2. The van der Waals surface area contributed by atoms with E-state index in [0.717, 1.165) is 6.54 Å². The smallest absolute Gasteiger partial charge is 0.354 e. The number of carbonyl (C=O) groups is 1. The first-order chi connectivity index (χ1) is 8.49. The lowest BCUT2D eigenvalue weighted by molar-refractivity contribution is -0.0260. The van der Waals surface area contributed by atoms with Gasteiger partial charge in [0.25, 0.3) is 0 Å². The molecule has 3 atom stereocenters. The van der Waals surface area contributed by atoms with Crippen LogP contribution in [0.3, 0.4) is 0 Å². The summed E-state index contributed by atoms with van der Waals surface area (Å²) in [7, 11) is 0. The van der Waals surface area contributed by atoms with E-state index in [1.165, 1.54) is 6.07 Å². The fourth-order valence-electron chi connectivity index (χ4n) is 2.22. The van der Waals surface area contributed by atoms with Crippen LogP contribution in [0.1, 0.15) is 31.3 Å². The minimum atomic E-state index is -1.00. The van der Waals surface area contributed by atoms with Gasteiger partial charge in [-0.25, -0.2) is 9.78 Å². The molecule has 3 unspecified atom stereocenters. The number of pyridine rings is 1. The number of hydrogen-bond acceptors (Lipinski definition) is 4. The number of carboxylic acids is 1. The maximum Gasteiger partial charge on any atom is 0.354 e. The molecule has 2 rings (SSSR count). The van der Waals surface area contributed by atoms with Crippen LogP contribution in [0.2, 0.25) is 0 Å². The number of morpholine rings is 1. The third-order valence-corrected chi connectivity index (χ3v) is 3.32. The Hall–Kier alpha value is -1.62. The standard InChI is InChI=1S/C13H18N2O3/c1-8-7-15(9(2)10(3)18-8)12-6-4-5-11(14-12)13(16)17/h4-6,8-10H,7H2,1-3H3,(H,16,17). The van der Waals surface area contributed by atoms with Gasteiger partial charge in [0, 0.05) is 6.54 Å². The Morgan fingerprint density at radius 1 is 1.44 bits per heavy atom. The molecule has 1 N–H and O–H groups in total. The minimum absolute atomic E-state index is 0.0755. The first kappa shape index (κ1) is 12.8. The summed E-state index contributed by atoms with van der Waals surface area (Å²) >= 11 is 0. The quantitative estimate of drug-likeness (QED) is 0.867. The van der Waals surface area contributed by atoms with Crippen LogP contribution in [0.25, 0.3) is 0 Å². The van der Waals surface area contributed by atoms with Crippen LogP contribution >= 0.6 is 0 Å². The molecule has 1 aliphatic rings. The van der Waals surface area contributed by atoms with E-state index in [2.05, 4.69) is 16.8 Å². The molecule has 1 saturated heterocycles. The van der Waals surface area contributed by atoms with Gasteiger partial charge in [-0.05, 0) is 32.9 Å². The minimum Gasteiger partial charge on any atom is -0.477 e. The number of anilines is 1. The van der Waals surface area contributed by atoms with Crippen molar-refractivity contribution in [2.45, 2.75) is 39.0 Å². The summed E-state index contributed by atoms with van der Waals surface area (Å²) in [5.74, 6) is -0.303. The first-order valence-electron chi connectivity index (χ1n) is 6.11. The average Bonchev–Trinajstić information content (AvgIpc) is 2.34. The lowest BCUT2D eigenvalue weighted by Gasteiger charge is -2.41. The Morgan fingerprint density at radius 3 is 2.83 bits per heavy atom. The van der Waals surface area contributed by atoms with Gasteiger partial charge in [0.2, 0.25) is 0 Å². The lowest BCUT2D eigenvalue weighted by atomic mass is 10.1. The van der Waals surface area contributed by atoms with Gasteiger partial charge in [0.1, 0.15) is 5.82 Å². The maximum absolute atomic E-state index is 10.9. The van der Waals surface area contributed by atoms with Crippen molar-refractivity contribution in [1.29, 1.82) is 0 Å². The van der Waals surface area contributed by atoms with Gasteiger partial charge >= 0.3 is 5.97 Å². The SMILES string of the molecule is CC1CN(c2cccc(C(=O)O)n2)C(C)C(C)O1. The van der Waals surface area contributed by atoms with Gasteiger partial charge in [-0.3, -0.25) is 0 Å². The topological polar surface area (TPSA) is 62.7 Å². The summed E-state index contributed by atoms with van der Waals surface area (Å²) in [5.41, 5.74) is 0.0755. The highest BCUT2D eigenvalue weighted by Gasteiger charge is 2.30. The largest absolute Gasteiger partial charge is 0.477 e. The number of carboxylic acid groups (broad SMARTS) is 1. The second kappa shape index (κ2) is 4.94. The van der Waals surface area contributed by atoms with E-state index in [-0.39, 0.29) is 23.9 Å². The van der Waals surface area contributed by atoms with Crippen LogP contribution in [0, 0.1) is 0 Å². The summed E-state index contributed by atoms with van der Waals surface area (Å²) in [6.45, 7) is 6.82. The molecular weight excluding hydrogens is 232 g/mol. The molecular formula is C13H18N2O3. The van der Waals surface area contributed by atoms with E-state index >= 15 is 0 Å². The van der Waals surface area contributed by atoms with Gasteiger partial charge < -0.3 is 14.7 Å². The van der Waals surface area contributed by atoms with Crippen molar-refractivity contribution < 1.29 is 14.6 Å². The van der Waals surface area contributed by atoms with E-state index < -0.39 is 5.97 Å². The molecule has 98 valence electrons. The van der Waals surface area contributed by atoms with Gasteiger partial charge in [0.15, 0.2) is 5.69 Å². The molecule has 1 fully saturated rings. The van der Waals surface area contributed by atoms with Crippen LogP contribution in [0.15, 0.2) is 18.2 Å². The number of aromatic carboxylic acids is 1. The molecule has 0 aliphatic carbocycles. The highest BCUT2D eigenvalue weighted by Crippen LogP contribution is 2.23. The number of aromatic nitrogens is 1. The lowest BCUT2D eigenvalue weighted by Crippen LogP contribution is -2.52. The summed E-state index contributed by atoms with van der Waals surface area (Å²) in [5, 5.41) is 8.97. The Morgan fingerprint density at radius 2 is 2.17 bits per heavy atom. The van der Waals surface area contributed by atoms with Crippen LogP contribution < -0.4 is 4.90 Å². The summed E-state index contributed by atoms with van der Waals surface area (Å²) in [6, 6.07) is 5.25. The second-order valence-corrected chi connectivity index (χ2v) is 4.73. The zero-order valence-electron chi connectivity index (χ0n) is 10.8. The van der Waals surface area contributed by atoms with Crippen LogP contribution in [0.5, 0.6) is 0 Å². The molecule has 0 amide bonds. The molecule has 0 spiro atoms. The predicted molar refractivity (Wildman–Crippen MR) is 68.0 cm³/mol. The Labute approximate surface area is 106 Å². The Kier molecular flexibility index (Phi) is 3.52. The van der Waals surface area contributed by atoms with E-state index in [1.807, 2.05) is 19.9 Å². The molecule has 18 heavy (non-hydrogen) atoms. The molecule has 1 aromatic heterocycles. The van der Waals surface area contributed by atoms with E-state index in [4.69, 9.17) is 9.84 Å². The highest BCUT2D eigenvalue weighted by molar-refractivity contribution is 5.85. The predicted octanol–water partition coefficient (Wildman–Crippen LogP) is 1.78. The number of hydrogen-bond donors (Lipinski definition) is 1. The summed E-state index contributed by atoms with van der Waals surface area (Å²) < 4.78 is 5.74. The average molecular weight is 250 g/mol. The van der Waals surface area contributed by atoms with E-state index in [1.54, 1.807) is 6.07 Å². The number of ether oxygens (including phenoxy) is 1. The van der Waals surface area contributed by atoms with Gasteiger partial charge in [0.05, 0.1) is 18.2 Å². The van der Waals surface area contributed by atoms with Gasteiger partial charge in [-0.1, -0.05) is 6.07 Å². The summed E-state index contributed by atoms with van der Waals surface area (Å²) in [4.78, 5) is 17.2. The molecule has 5 heteroatoms. The van der Waals surface area contributed by atoms with Gasteiger partial charge in [-0.2, -0.15) is 0 Å². The third-order valence-electron chi connectivity index (χ3n) is 3.32. The van der Waals surface area contributed by atoms with Crippen molar-refractivity contribution in [2.75, 3.05) is 11.4 Å². The van der Waals surface area contributed by atoms with Crippen LogP contribution in [0.4, 0.5) is 5.82 Å². The Balaban J connectivity index is 2.29. The molecule has 0 bridgehead atoms.